The van der Waals surface area contributed by atoms with Crippen LogP contribution in [0, 0.1) is 0 Å². The zero-order valence-corrected chi connectivity index (χ0v) is 12.7. The van der Waals surface area contributed by atoms with Crippen LogP contribution >= 0.6 is 0 Å². The second-order valence-corrected chi connectivity index (χ2v) is 4.73. The Morgan fingerprint density at radius 2 is 2.00 bits per heavy atom. The van der Waals surface area contributed by atoms with Crippen molar-refractivity contribution in [2.45, 2.75) is 46.6 Å². The Balaban J connectivity index is 2.95. The molecule has 20 heavy (non-hydrogen) atoms. The lowest BCUT2D eigenvalue weighted by Crippen LogP contribution is -2.41. The van der Waals surface area contributed by atoms with Crippen molar-refractivity contribution in [2.24, 2.45) is 0 Å². The third-order valence-corrected chi connectivity index (χ3v) is 3.21. The minimum absolute atomic E-state index is 0.167. The van der Waals surface area contributed by atoms with Gasteiger partial charge in [-0.3, -0.25) is 9.59 Å². The van der Waals surface area contributed by atoms with Crippen molar-refractivity contribution in [1.82, 2.24) is 20.8 Å². The van der Waals surface area contributed by atoms with Gasteiger partial charge in [-0.2, -0.15) is 5.10 Å². The van der Waals surface area contributed by atoms with E-state index in [2.05, 4.69) is 20.8 Å². The van der Waals surface area contributed by atoms with Gasteiger partial charge in [-0.25, -0.2) is 5.10 Å². The molecule has 0 aliphatic heterocycles. The first-order valence-electron chi connectivity index (χ1n) is 7.17. The molecule has 6 nitrogen and oxygen atoms in total. The van der Waals surface area contributed by atoms with E-state index in [4.69, 9.17) is 0 Å². The third kappa shape index (κ3) is 3.90. The number of aryl methyl sites for hydroxylation is 1. The molecule has 1 amide bonds. The molecule has 112 valence electrons. The minimum atomic E-state index is -0.423. The van der Waals surface area contributed by atoms with Gasteiger partial charge in [0.25, 0.3) is 11.5 Å². The van der Waals surface area contributed by atoms with E-state index in [0.29, 0.717) is 19.4 Å². The summed E-state index contributed by atoms with van der Waals surface area (Å²) in [6.07, 6.45) is 1.31. The Bertz CT molecular complexity index is 510. The highest BCUT2D eigenvalue weighted by Gasteiger charge is 2.18. The van der Waals surface area contributed by atoms with Crippen LogP contribution < -0.4 is 16.2 Å². The van der Waals surface area contributed by atoms with Crippen molar-refractivity contribution in [3.8, 4) is 0 Å². The van der Waals surface area contributed by atoms with Crippen LogP contribution in [0.1, 0.15) is 49.3 Å². The number of H-pyrrole nitrogens is 1. The average molecular weight is 280 g/mol. The fourth-order valence-corrected chi connectivity index (χ4v) is 2.19. The summed E-state index contributed by atoms with van der Waals surface area (Å²) in [5.74, 6) is -0.329. The molecule has 1 heterocycles. The van der Waals surface area contributed by atoms with E-state index < -0.39 is 5.56 Å². The van der Waals surface area contributed by atoms with E-state index in [1.165, 1.54) is 0 Å². The average Bonchev–Trinajstić information content (AvgIpc) is 2.44. The number of rotatable bonds is 7. The monoisotopic (exact) mass is 280 g/mol. The number of amides is 1. The van der Waals surface area contributed by atoms with Crippen LogP contribution in [0.25, 0.3) is 0 Å². The molecule has 3 N–H and O–H groups in total. The fourth-order valence-electron chi connectivity index (χ4n) is 2.19. The van der Waals surface area contributed by atoms with Gasteiger partial charge in [-0.05, 0) is 31.9 Å². The lowest BCUT2D eigenvalue weighted by atomic mass is 10.0. The van der Waals surface area contributed by atoms with Crippen molar-refractivity contribution in [3.05, 3.63) is 27.2 Å². The summed E-state index contributed by atoms with van der Waals surface area (Å²) in [5.41, 5.74) is 1.29. The van der Waals surface area contributed by atoms with Crippen LogP contribution in [0.2, 0.25) is 0 Å². The van der Waals surface area contributed by atoms with E-state index in [0.717, 1.165) is 17.8 Å². The highest BCUT2D eigenvalue weighted by Crippen LogP contribution is 2.09. The third-order valence-electron chi connectivity index (χ3n) is 3.21. The summed E-state index contributed by atoms with van der Waals surface area (Å²) in [5, 5.41) is 12.4. The molecule has 0 aliphatic carbocycles. The number of nitrogens with one attached hydrogen (secondary N) is 3. The number of carbonyl (C=O) groups excluding carboxylic acids is 1. The van der Waals surface area contributed by atoms with Crippen molar-refractivity contribution >= 4 is 5.91 Å². The SMILES string of the molecule is CCN[C@H](C)CNC(=O)c1c(CC)c(CC)n[nH]c1=O. The van der Waals surface area contributed by atoms with Crippen LogP contribution in [0.5, 0.6) is 0 Å². The predicted molar refractivity (Wildman–Crippen MR) is 79.1 cm³/mol. The molecule has 0 aliphatic rings. The summed E-state index contributed by atoms with van der Waals surface area (Å²) in [6.45, 7) is 9.20. The van der Waals surface area contributed by atoms with Gasteiger partial charge >= 0.3 is 0 Å². The second kappa shape index (κ2) is 7.79. The van der Waals surface area contributed by atoms with Crippen LogP contribution in [0.4, 0.5) is 0 Å². The number of aromatic nitrogens is 2. The first kappa shape index (κ1) is 16.4. The van der Waals surface area contributed by atoms with Gasteiger partial charge in [0, 0.05) is 12.6 Å². The molecule has 1 aromatic heterocycles. The number of aromatic amines is 1. The molecule has 0 saturated heterocycles. The lowest BCUT2D eigenvalue weighted by Gasteiger charge is -2.14. The van der Waals surface area contributed by atoms with E-state index in [-0.39, 0.29) is 17.5 Å². The minimum Gasteiger partial charge on any atom is -0.350 e. The van der Waals surface area contributed by atoms with Crippen molar-refractivity contribution in [1.29, 1.82) is 0 Å². The second-order valence-electron chi connectivity index (χ2n) is 4.73. The molecule has 0 aromatic carbocycles. The van der Waals surface area contributed by atoms with Gasteiger partial charge in [0.05, 0.1) is 5.69 Å². The molecule has 1 rings (SSSR count). The normalized spacial score (nSPS) is 12.2. The van der Waals surface area contributed by atoms with E-state index in [1.807, 2.05) is 27.7 Å². The van der Waals surface area contributed by atoms with Crippen LogP contribution in [0.15, 0.2) is 4.79 Å². The maximum absolute atomic E-state index is 12.2. The maximum Gasteiger partial charge on any atom is 0.277 e. The maximum atomic E-state index is 12.2. The van der Waals surface area contributed by atoms with E-state index in [1.54, 1.807) is 0 Å². The zero-order chi connectivity index (χ0) is 15.1. The van der Waals surface area contributed by atoms with Gasteiger partial charge in [-0.1, -0.05) is 20.8 Å². The Labute approximate surface area is 119 Å². The lowest BCUT2D eigenvalue weighted by molar-refractivity contribution is 0.0947. The van der Waals surface area contributed by atoms with E-state index in [9.17, 15) is 9.59 Å². The molecule has 1 atom stereocenters. The molecule has 0 unspecified atom stereocenters. The highest BCUT2D eigenvalue weighted by atomic mass is 16.2. The largest absolute Gasteiger partial charge is 0.350 e. The Morgan fingerprint density at radius 3 is 2.55 bits per heavy atom. The zero-order valence-electron chi connectivity index (χ0n) is 12.7. The van der Waals surface area contributed by atoms with Gasteiger partial charge in [0.15, 0.2) is 0 Å². The molecule has 0 radical (unpaired) electrons. The Hall–Kier alpha value is -1.69. The van der Waals surface area contributed by atoms with E-state index >= 15 is 0 Å². The molecule has 0 bridgehead atoms. The topological polar surface area (TPSA) is 86.9 Å². The number of hydrogen-bond donors (Lipinski definition) is 3. The summed E-state index contributed by atoms with van der Waals surface area (Å²) >= 11 is 0. The van der Waals surface area contributed by atoms with Crippen LogP contribution in [-0.4, -0.2) is 35.2 Å². The molecular formula is C14H24N4O2. The smallest absolute Gasteiger partial charge is 0.277 e. The number of hydrogen-bond acceptors (Lipinski definition) is 4. The molecule has 6 heteroatoms. The molecule has 0 fully saturated rings. The van der Waals surface area contributed by atoms with Crippen molar-refractivity contribution < 1.29 is 4.79 Å². The van der Waals surface area contributed by atoms with Gasteiger partial charge < -0.3 is 10.6 Å². The Morgan fingerprint density at radius 1 is 1.30 bits per heavy atom. The number of likely N-dealkylation sites (N-methyl/N-ethyl adjacent to an activating group) is 1. The summed E-state index contributed by atoms with van der Waals surface area (Å²) in [6, 6.07) is 0.167. The summed E-state index contributed by atoms with van der Waals surface area (Å²) < 4.78 is 0. The van der Waals surface area contributed by atoms with Gasteiger partial charge in [-0.15, -0.1) is 0 Å². The van der Waals surface area contributed by atoms with Crippen molar-refractivity contribution in [2.75, 3.05) is 13.1 Å². The van der Waals surface area contributed by atoms with Gasteiger partial charge in [0.2, 0.25) is 0 Å². The first-order valence-corrected chi connectivity index (χ1v) is 7.17. The van der Waals surface area contributed by atoms with Crippen LogP contribution in [0.3, 0.4) is 0 Å². The summed E-state index contributed by atoms with van der Waals surface area (Å²) in [4.78, 5) is 24.1. The number of carbonyl (C=O) groups is 1. The first-order chi connectivity index (χ1) is 9.54. The molecule has 1 aromatic rings. The van der Waals surface area contributed by atoms with Crippen LogP contribution in [-0.2, 0) is 12.8 Å². The standard InChI is InChI=1S/C14H24N4O2/c1-5-10-11(6-2)17-18-14(20)12(10)13(19)16-8-9(4)15-7-3/h9,15H,5-8H2,1-4H3,(H,16,19)(H,18,20)/t9-/m1/s1. The van der Waals surface area contributed by atoms with Gasteiger partial charge in [0.1, 0.15) is 5.56 Å². The molecule has 0 saturated carbocycles. The fraction of sp³-hybridized carbons (Fsp3) is 0.643. The summed E-state index contributed by atoms with van der Waals surface area (Å²) in [7, 11) is 0. The quantitative estimate of drug-likeness (QED) is 0.683. The number of nitrogens with zero attached hydrogens (tertiary/aromatic N) is 1. The molecule has 0 spiro atoms. The highest BCUT2D eigenvalue weighted by molar-refractivity contribution is 5.95. The Kier molecular flexibility index (Phi) is 6.38. The molecular weight excluding hydrogens is 256 g/mol. The van der Waals surface area contributed by atoms with Crippen molar-refractivity contribution in [3.63, 3.8) is 0 Å². The predicted octanol–water partition coefficient (Wildman–Crippen LogP) is 0.623.